The third-order valence-corrected chi connectivity index (χ3v) is 3.18. The minimum Gasteiger partial charge on any atom is -0.347 e. The summed E-state index contributed by atoms with van der Waals surface area (Å²) in [7, 11) is 0. The van der Waals surface area contributed by atoms with Crippen molar-refractivity contribution in [2.24, 2.45) is 5.92 Å². The topological polar surface area (TPSA) is 65.8 Å². The number of carbonyl (C=O) groups is 1. The van der Waals surface area contributed by atoms with Crippen molar-refractivity contribution in [1.82, 2.24) is 10.3 Å². The van der Waals surface area contributed by atoms with Gasteiger partial charge in [0.2, 0.25) is 0 Å². The number of pyridine rings is 1. The number of alkyl halides is 1. The van der Waals surface area contributed by atoms with E-state index in [0.29, 0.717) is 22.5 Å². The molecule has 0 fully saturated rings. The molecule has 1 aromatic rings. The molecule has 96 valence electrons. The molecule has 0 saturated heterocycles. The van der Waals surface area contributed by atoms with Gasteiger partial charge in [-0.3, -0.25) is 4.79 Å². The first-order valence-electron chi connectivity index (χ1n) is 5.79. The van der Waals surface area contributed by atoms with E-state index in [4.69, 9.17) is 5.26 Å². The molecule has 1 unspecified atom stereocenters. The molecule has 1 atom stereocenters. The standard InChI is InChI=1S/C13H16BrN3O/c1-9(2)5-11(6-14)17-13(18)12-4-3-10(7-15)8-16-12/h3-4,8-9,11H,5-6H2,1-2H3,(H,17,18). The van der Waals surface area contributed by atoms with Crippen molar-refractivity contribution >= 4 is 21.8 Å². The second-order valence-corrected chi connectivity index (χ2v) is 5.15. The summed E-state index contributed by atoms with van der Waals surface area (Å²) in [5.41, 5.74) is 0.787. The third kappa shape index (κ3) is 4.46. The second kappa shape index (κ2) is 7.12. The number of nitrogens with zero attached hydrogens (tertiary/aromatic N) is 2. The maximum absolute atomic E-state index is 11.9. The molecule has 4 nitrogen and oxygen atoms in total. The molecule has 18 heavy (non-hydrogen) atoms. The van der Waals surface area contributed by atoms with Crippen molar-refractivity contribution in [1.29, 1.82) is 5.26 Å². The summed E-state index contributed by atoms with van der Waals surface area (Å²) < 4.78 is 0. The van der Waals surface area contributed by atoms with E-state index in [1.807, 2.05) is 6.07 Å². The zero-order valence-corrected chi connectivity index (χ0v) is 12.1. The van der Waals surface area contributed by atoms with E-state index < -0.39 is 0 Å². The fourth-order valence-electron chi connectivity index (χ4n) is 1.58. The highest BCUT2D eigenvalue weighted by atomic mass is 79.9. The minimum absolute atomic E-state index is 0.0925. The average molecular weight is 310 g/mol. The first-order valence-corrected chi connectivity index (χ1v) is 6.92. The SMILES string of the molecule is CC(C)CC(CBr)NC(=O)c1ccc(C#N)cn1. The molecule has 1 aromatic heterocycles. The zero-order chi connectivity index (χ0) is 13.5. The van der Waals surface area contributed by atoms with E-state index in [-0.39, 0.29) is 11.9 Å². The lowest BCUT2D eigenvalue weighted by Crippen LogP contribution is -2.37. The smallest absolute Gasteiger partial charge is 0.270 e. The largest absolute Gasteiger partial charge is 0.347 e. The van der Waals surface area contributed by atoms with E-state index in [1.54, 1.807) is 12.1 Å². The van der Waals surface area contributed by atoms with E-state index in [9.17, 15) is 4.79 Å². The second-order valence-electron chi connectivity index (χ2n) is 4.50. The van der Waals surface area contributed by atoms with Gasteiger partial charge in [0, 0.05) is 17.6 Å². The van der Waals surface area contributed by atoms with Gasteiger partial charge in [-0.2, -0.15) is 5.26 Å². The van der Waals surface area contributed by atoms with E-state index >= 15 is 0 Å². The molecule has 1 N–H and O–H groups in total. The fraction of sp³-hybridized carbons (Fsp3) is 0.462. The first kappa shape index (κ1) is 14.7. The number of hydrogen-bond donors (Lipinski definition) is 1. The number of carbonyl (C=O) groups excluding carboxylic acids is 1. The summed E-state index contributed by atoms with van der Waals surface area (Å²) in [5, 5.41) is 12.3. The van der Waals surface area contributed by atoms with Gasteiger partial charge in [0.15, 0.2) is 0 Å². The quantitative estimate of drug-likeness (QED) is 0.850. The van der Waals surface area contributed by atoms with Crippen LogP contribution in [0.25, 0.3) is 0 Å². The predicted molar refractivity (Wildman–Crippen MR) is 73.5 cm³/mol. The van der Waals surface area contributed by atoms with Crippen LogP contribution in [0.3, 0.4) is 0 Å². The Morgan fingerprint density at radius 1 is 1.56 bits per heavy atom. The number of nitriles is 1. The summed E-state index contributed by atoms with van der Waals surface area (Å²) in [4.78, 5) is 15.9. The molecule has 0 saturated carbocycles. The molecule has 1 heterocycles. The molecule has 0 aromatic carbocycles. The Bertz CT molecular complexity index is 437. The normalized spacial score (nSPS) is 11.9. The molecular formula is C13H16BrN3O. The highest BCUT2D eigenvalue weighted by molar-refractivity contribution is 9.09. The Kier molecular flexibility index (Phi) is 5.79. The monoisotopic (exact) mass is 309 g/mol. The highest BCUT2D eigenvalue weighted by Gasteiger charge is 2.14. The van der Waals surface area contributed by atoms with Crippen molar-refractivity contribution < 1.29 is 4.79 Å². The highest BCUT2D eigenvalue weighted by Crippen LogP contribution is 2.08. The lowest BCUT2D eigenvalue weighted by Gasteiger charge is -2.17. The third-order valence-electron chi connectivity index (χ3n) is 2.40. The van der Waals surface area contributed by atoms with E-state index in [2.05, 4.69) is 40.1 Å². The Morgan fingerprint density at radius 3 is 2.72 bits per heavy atom. The van der Waals surface area contributed by atoms with E-state index in [0.717, 1.165) is 6.42 Å². The number of amides is 1. The summed E-state index contributed by atoms with van der Waals surface area (Å²) >= 11 is 3.39. The maximum Gasteiger partial charge on any atom is 0.270 e. The summed E-state index contributed by atoms with van der Waals surface area (Å²) in [6.07, 6.45) is 2.31. The molecular weight excluding hydrogens is 294 g/mol. The molecule has 0 bridgehead atoms. The number of halogens is 1. The van der Waals surface area contributed by atoms with Gasteiger partial charge in [0.25, 0.3) is 5.91 Å². The molecule has 0 radical (unpaired) electrons. The number of nitrogens with one attached hydrogen (secondary N) is 1. The van der Waals surface area contributed by atoms with Crippen molar-refractivity contribution in [3.05, 3.63) is 29.6 Å². The number of hydrogen-bond acceptors (Lipinski definition) is 3. The van der Waals surface area contributed by atoms with Crippen LogP contribution >= 0.6 is 15.9 Å². The van der Waals surface area contributed by atoms with Crippen LogP contribution in [0.1, 0.15) is 36.3 Å². The van der Waals surface area contributed by atoms with Gasteiger partial charge in [-0.05, 0) is 24.5 Å². The zero-order valence-electron chi connectivity index (χ0n) is 10.5. The Balaban J connectivity index is 2.66. The molecule has 0 aliphatic rings. The lowest BCUT2D eigenvalue weighted by atomic mass is 10.1. The van der Waals surface area contributed by atoms with Crippen LogP contribution in [-0.2, 0) is 0 Å². The van der Waals surface area contributed by atoms with Crippen LogP contribution in [0.15, 0.2) is 18.3 Å². The van der Waals surface area contributed by atoms with Gasteiger partial charge in [0.05, 0.1) is 5.56 Å². The summed E-state index contributed by atoms with van der Waals surface area (Å²) in [5.74, 6) is 0.311. The van der Waals surface area contributed by atoms with Crippen LogP contribution in [0, 0.1) is 17.2 Å². The van der Waals surface area contributed by atoms with Gasteiger partial charge in [-0.1, -0.05) is 29.8 Å². The maximum atomic E-state index is 11.9. The van der Waals surface area contributed by atoms with Gasteiger partial charge >= 0.3 is 0 Å². The predicted octanol–water partition coefficient (Wildman–Crippen LogP) is 2.49. The Labute approximate surface area is 116 Å². The van der Waals surface area contributed by atoms with Crippen molar-refractivity contribution in [2.45, 2.75) is 26.3 Å². The lowest BCUT2D eigenvalue weighted by molar-refractivity contribution is 0.0932. The number of rotatable bonds is 5. The van der Waals surface area contributed by atoms with Gasteiger partial charge in [-0.15, -0.1) is 0 Å². The van der Waals surface area contributed by atoms with Crippen LogP contribution in [0.4, 0.5) is 0 Å². The van der Waals surface area contributed by atoms with Crippen molar-refractivity contribution in [3.63, 3.8) is 0 Å². The van der Waals surface area contributed by atoms with Crippen LogP contribution in [-0.4, -0.2) is 22.3 Å². The van der Waals surface area contributed by atoms with Crippen molar-refractivity contribution in [2.75, 3.05) is 5.33 Å². The Morgan fingerprint density at radius 2 is 2.28 bits per heavy atom. The first-order chi connectivity index (χ1) is 8.56. The van der Waals surface area contributed by atoms with Gasteiger partial charge < -0.3 is 5.32 Å². The molecule has 1 amide bonds. The van der Waals surface area contributed by atoms with Crippen molar-refractivity contribution in [3.8, 4) is 6.07 Å². The molecule has 0 aliphatic heterocycles. The van der Waals surface area contributed by atoms with Crippen LogP contribution in [0.5, 0.6) is 0 Å². The number of aromatic nitrogens is 1. The van der Waals surface area contributed by atoms with Crippen LogP contribution < -0.4 is 5.32 Å². The summed E-state index contributed by atoms with van der Waals surface area (Å²) in [6, 6.07) is 5.22. The molecule has 1 rings (SSSR count). The van der Waals surface area contributed by atoms with Gasteiger partial charge in [0.1, 0.15) is 11.8 Å². The molecule has 0 spiro atoms. The van der Waals surface area contributed by atoms with E-state index in [1.165, 1.54) is 6.20 Å². The van der Waals surface area contributed by atoms with Gasteiger partial charge in [-0.25, -0.2) is 4.98 Å². The average Bonchev–Trinajstić information content (AvgIpc) is 2.37. The van der Waals surface area contributed by atoms with Crippen LogP contribution in [0.2, 0.25) is 0 Å². The Hall–Kier alpha value is -1.41. The molecule has 0 aliphatic carbocycles. The fourth-order valence-corrected chi connectivity index (χ4v) is 2.01. The minimum atomic E-state index is -0.204. The summed E-state index contributed by atoms with van der Waals surface area (Å²) in [6.45, 7) is 4.23. The molecule has 5 heteroatoms.